The molecule has 1 saturated heterocycles. The Morgan fingerprint density at radius 3 is 2.47 bits per heavy atom. The molecule has 2 aliphatic heterocycles. The minimum Gasteiger partial charge on any atom is -0.406 e. The number of halogens is 3. The average Bonchev–Trinajstić information content (AvgIpc) is 3.41. The van der Waals surface area contributed by atoms with Crippen molar-refractivity contribution in [2.24, 2.45) is 0 Å². The second-order valence-electron chi connectivity index (χ2n) is 9.27. The number of nitrogens with zero attached hydrogens (tertiary/aromatic N) is 5. The third-order valence-electron chi connectivity index (χ3n) is 6.55. The number of hydrogen-bond donors (Lipinski definition) is 0. The first-order valence-electron chi connectivity index (χ1n) is 11.7. The van der Waals surface area contributed by atoms with Gasteiger partial charge in [0.25, 0.3) is 11.8 Å². The Labute approximate surface area is 206 Å². The lowest BCUT2D eigenvalue weighted by Gasteiger charge is -2.31. The largest absolute Gasteiger partial charge is 0.573 e. The molecule has 3 aromatic rings. The molecule has 1 amide bonds. The van der Waals surface area contributed by atoms with E-state index in [9.17, 15) is 18.0 Å². The van der Waals surface area contributed by atoms with Crippen molar-refractivity contribution < 1.29 is 27.2 Å². The second kappa shape index (κ2) is 9.55. The Hall–Kier alpha value is -3.44. The fraction of sp³-hybridized carbons (Fsp3) is 0.400. The first kappa shape index (κ1) is 24.3. The molecule has 0 N–H and O–H groups in total. The molecule has 0 saturated carbocycles. The van der Waals surface area contributed by atoms with E-state index in [0.29, 0.717) is 41.5 Å². The van der Waals surface area contributed by atoms with E-state index in [2.05, 4.69) is 31.7 Å². The molecule has 2 aromatic carbocycles. The normalized spacial score (nSPS) is 17.0. The third kappa shape index (κ3) is 5.36. The second-order valence-corrected chi connectivity index (χ2v) is 9.27. The van der Waals surface area contributed by atoms with Crippen molar-refractivity contribution in [2.45, 2.75) is 32.9 Å². The van der Waals surface area contributed by atoms with Gasteiger partial charge in [0.1, 0.15) is 5.75 Å². The van der Waals surface area contributed by atoms with Crippen LogP contribution >= 0.6 is 0 Å². The van der Waals surface area contributed by atoms with E-state index in [1.807, 2.05) is 13.0 Å². The smallest absolute Gasteiger partial charge is 0.406 e. The lowest BCUT2D eigenvalue weighted by atomic mass is 10.0. The topological polar surface area (TPSA) is 74.9 Å². The van der Waals surface area contributed by atoms with E-state index >= 15 is 0 Å². The molecule has 0 atom stereocenters. The van der Waals surface area contributed by atoms with Crippen molar-refractivity contribution >= 4 is 5.91 Å². The van der Waals surface area contributed by atoms with Gasteiger partial charge >= 0.3 is 6.36 Å². The van der Waals surface area contributed by atoms with Crippen molar-refractivity contribution in [1.82, 2.24) is 24.8 Å². The minimum absolute atomic E-state index is 0.150. The van der Waals surface area contributed by atoms with Crippen molar-refractivity contribution in [2.75, 3.05) is 33.2 Å². The molecule has 11 heteroatoms. The van der Waals surface area contributed by atoms with Crippen molar-refractivity contribution in [3.05, 3.63) is 64.5 Å². The van der Waals surface area contributed by atoms with Gasteiger partial charge in [0, 0.05) is 50.4 Å². The molecular weight excluding hydrogens is 475 g/mol. The van der Waals surface area contributed by atoms with Crippen LogP contribution < -0.4 is 4.74 Å². The molecule has 0 aliphatic carbocycles. The molecule has 2 aliphatic rings. The average molecular weight is 502 g/mol. The number of alkyl halides is 3. The summed E-state index contributed by atoms with van der Waals surface area (Å²) in [5.74, 6) is 0.534. The summed E-state index contributed by atoms with van der Waals surface area (Å²) in [6, 6.07) is 9.25. The number of aryl methyl sites for hydroxylation is 1. The molecule has 1 aromatic heterocycles. The van der Waals surface area contributed by atoms with Crippen LogP contribution in [0.1, 0.15) is 32.9 Å². The molecule has 190 valence electrons. The number of likely N-dealkylation sites (N-methyl/N-ethyl adjacent to an activating group) is 1. The quantitative estimate of drug-likeness (QED) is 0.508. The Bertz CT molecular complexity index is 1250. The van der Waals surface area contributed by atoms with Gasteiger partial charge in [-0.1, -0.05) is 17.3 Å². The molecule has 1 fully saturated rings. The molecule has 5 rings (SSSR count). The summed E-state index contributed by atoms with van der Waals surface area (Å²) in [7, 11) is 2.10. The number of carbonyl (C=O) groups is 1. The van der Waals surface area contributed by atoms with Gasteiger partial charge < -0.3 is 19.1 Å². The summed E-state index contributed by atoms with van der Waals surface area (Å²) in [5.41, 5.74) is 3.81. The van der Waals surface area contributed by atoms with Gasteiger partial charge in [-0.3, -0.25) is 9.69 Å². The van der Waals surface area contributed by atoms with Gasteiger partial charge in [-0.15, -0.1) is 13.2 Å². The predicted octanol–water partition coefficient (Wildman–Crippen LogP) is 3.85. The highest BCUT2D eigenvalue weighted by Crippen LogP contribution is 2.32. The SMILES string of the molecule is Cc1cc(-c2nc(CN3CCN(C)CC3)no2)cc2c1CN(Cc1ccc(OC(F)(F)F)cc1)C2=O. The van der Waals surface area contributed by atoms with Crippen LogP contribution in [0.25, 0.3) is 11.5 Å². The highest BCUT2D eigenvalue weighted by atomic mass is 19.4. The van der Waals surface area contributed by atoms with Gasteiger partial charge in [0.05, 0.1) is 6.54 Å². The van der Waals surface area contributed by atoms with Crippen LogP contribution in [0.4, 0.5) is 13.2 Å². The number of hydrogen-bond acceptors (Lipinski definition) is 7. The highest BCUT2D eigenvalue weighted by Gasteiger charge is 2.32. The number of ether oxygens (including phenoxy) is 1. The van der Waals surface area contributed by atoms with Crippen LogP contribution in [0.15, 0.2) is 40.9 Å². The van der Waals surface area contributed by atoms with Gasteiger partial charge in [-0.05, 0) is 54.9 Å². The van der Waals surface area contributed by atoms with E-state index < -0.39 is 6.36 Å². The lowest BCUT2D eigenvalue weighted by Crippen LogP contribution is -2.44. The van der Waals surface area contributed by atoms with E-state index in [1.54, 1.807) is 11.0 Å². The minimum atomic E-state index is -4.74. The van der Waals surface area contributed by atoms with Crippen LogP contribution in [-0.2, 0) is 19.6 Å². The maximum atomic E-state index is 13.2. The Kier molecular flexibility index (Phi) is 6.44. The third-order valence-corrected chi connectivity index (χ3v) is 6.55. The first-order chi connectivity index (χ1) is 17.1. The van der Waals surface area contributed by atoms with Crippen molar-refractivity contribution in [3.63, 3.8) is 0 Å². The summed E-state index contributed by atoms with van der Waals surface area (Å²) in [5, 5.41) is 4.13. The summed E-state index contributed by atoms with van der Waals surface area (Å²) in [4.78, 5) is 23.9. The van der Waals surface area contributed by atoms with Crippen molar-refractivity contribution in [1.29, 1.82) is 0 Å². The summed E-state index contributed by atoms with van der Waals surface area (Å²) >= 11 is 0. The van der Waals surface area contributed by atoms with Crippen LogP contribution in [0.2, 0.25) is 0 Å². The predicted molar refractivity (Wildman–Crippen MR) is 124 cm³/mol. The van der Waals surface area contributed by atoms with Gasteiger partial charge in [0.15, 0.2) is 5.82 Å². The highest BCUT2D eigenvalue weighted by molar-refractivity contribution is 5.99. The molecule has 0 radical (unpaired) electrons. The van der Waals surface area contributed by atoms with Crippen LogP contribution in [0.3, 0.4) is 0 Å². The summed E-state index contributed by atoms with van der Waals surface area (Å²) < 4.78 is 46.6. The van der Waals surface area contributed by atoms with E-state index in [-0.39, 0.29) is 18.2 Å². The number of benzene rings is 2. The molecule has 3 heterocycles. The number of piperazine rings is 1. The Morgan fingerprint density at radius 2 is 1.78 bits per heavy atom. The fourth-order valence-electron chi connectivity index (χ4n) is 4.56. The maximum absolute atomic E-state index is 13.2. The number of aromatic nitrogens is 2. The number of amides is 1. The molecule has 36 heavy (non-hydrogen) atoms. The maximum Gasteiger partial charge on any atom is 0.573 e. The van der Waals surface area contributed by atoms with Crippen LogP contribution in [-0.4, -0.2) is 70.3 Å². The van der Waals surface area contributed by atoms with E-state index in [4.69, 9.17) is 4.52 Å². The number of carbonyl (C=O) groups excluding carboxylic acids is 1. The standard InChI is InChI=1S/C25H26F3N5O3/c1-16-11-18(23-29-22(30-36-23)15-32-9-7-31(2)8-10-32)12-20-21(16)14-33(24(20)34)13-17-3-5-19(6-4-17)35-25(26,27)28/h3-6,11-12H,7-10,13-15H2,1-2H3. The van der Waals surface area contributed by atoms with Gasteiger partial charge in [-0.2, -0.15) is 4.98 Å². The number of fused-ring (bicyclic) bond motifs is 1. The molecule has 0 bridgehead atoms. The molecular formula is C25H26F3N5O3. The van der Waals surface area contributed by atoms with Gasteiger partial charge in [-0.25, -0.2) is 0 Å². The fourth-order valence-corrected chi connectivity index (χ4v) is 4.56. The van der Waals surface area contributed by atoms with Crippen LogP contribution in [0.5, 0.6) is 5.75 Å². The van der Waals surface area contributed by atoms with Gasteiger partial charge in [0.2, 0.25) is 0 Å². The summed E-state index contributed by atoms with van der Waals surface area (Å²) in [6.07, 6.45) is -4.74. The zero-order valence-electron chi connectivity index (χ0n) is 20.0. The van der Waals surface area contributed by atoms with E-state index in [0.717, 1.165) is 37.3 Å². The monoisotopic (exact) mass is 501 g/mol. The zero-order chi connectivity index (χ0) is 25.4. The van der Waals surface area contributed by atoms with Crippen LogP contribution in [0, 0.1) is 6.92 Å². The lowest BCUT2D eigenvalue weighted by molar-refractivity contribution is -0.274. The number of rotatable bonds is 6. The van der Waals surface area contributed by atoms with Crippen molar-refractivity contribution in [3.8, 4) is 17.2 Å². The molecule has 0 spiro atoms. The summed E-state index contributed by atoms with van der Waals surface area (Å²) in [6.45, 7) is 7.12. The first-order valence-corrected chi connectivity index (χ1v) is 11.7. The molecule has 8 nitrogen and oxygen atoms in total. The Morgan fingerprint density at radius 1 is 1.06 bits per heavy atom. The Balaban J connectivity index is 1.27. The molecule has 0 unspecified atom stereocenters. The zero-order valence-corrected chi connectivity index (χ0v) is 20.0. The van der Waals surface area contributed by atoms with E-state index in [1.165, 1.54) is 24.3 Å².